The van der Waals surface area contributed by atoms with Gasteiger partial charge in [0.15, 0.2) is 0 Å². The molecular formula is C10H15N3OS. The average molecular weight is 225 g/mol. The van der Waals surface area contributed by atoms with Crippen LogP contribution in [0.5, 0.6) is 0 Å². The third kappa shape index (κ3) is 1.89. The summed E-state index contributed by atoms with van der Waals surface area (Å²) in [4.78, 5) is 14.0. The highest BCUT2D eigenvalue weighted by atomic mass is 32.1. The molecule has 15 heavy (non-hydrogen) atoms. The maximum atomic E-state index is 10.3. The number of hydrogen-bond acceptors (Lipinski definition) is 5. The molecule has 2 heterocycles. The van der Waals surface area contributed by atoms with Gasteiger partial charge < -0.3 is 5.73 Å². The van der Waals surface area contributed by atoms with E-state index in [1.165, 1.54) is 10.4 Å². The molecule has 0 aromatic carbocycles. The summed E-state index contributed by atoms with van der Waals surface area (Å²) in [5.74, 6) is 0. The molecule has 0 aliphatic carbocycles. The Morgan fingerprint density at radius 1 is 1.60 bits per heavy atom. The fourth-order valence-electron chi connectivity index (χ4n) is 2.05. The zero-order valence-electron chi connectivity index (χ0n) is 8.82. The minimum atomic E-state index is 0.226. The number of thiophene rings is 1. The van der Waals surface area contributed by atoms with Gasteiger partial charge in [-0.1, -0.05) is 12.1 Å². The van der Waals surface area contributed by atoms with Gasteiger partial charge in [-0.3, -0.25) is 4.90 Å². The Bertz CT molecular complexity index is 375. The van der Waals surface area contributed by atoms with Crippen molar-refractivity contribution in [2.24, 2.45) is 5.18 Å². The molecule has 0 spiro atoms. The zero-order chi connectivity index (χ0) is 10.8. The molecule has 1 aromatic rings. The van der Waals surface area contributed by atoms with Crippen LogP contribution in [0, 0.1) is 4.91 Å². The Hall–Kier alpha value is -0.940. The molecule has 0 saturated heterocycles. The SMILES string of the molecule is CCN1CCc2c(sc(N)c2CN=O)C1. The highest BCUT2D eigenvalue weighted by Gasteiger charge is 2.22. The van der Waals surface area contributed by atoms with E-state index in [1.807, 2.05) is 0 Å². The summed E-state index contributed by atoms with van der Waals surface area (Å²) in [6, 6.07) is 0. The number of nitrogens with two attached hydrogens (primary N) is 1. The Morgan fingerprint density at radius 3 is 3.07 bits per heavy atom. The van der Waals surface area contributed by atoms with E-state index < -0.39 is 0 Å². The van der Waals surface area contributed by atoms with Crippen LogP contribution in [0.1, 0.15) is 22.9 Å². The number of hydrogen-bond donors (Lipinski definition) is 1. The predicted octanol–water partition coefficient (Wildman–Crippen LogP) is 1.97. The molecule has 0 atom stereocenters. The second-order valence-electron chi connectivity index (χ2n) is 3.75. The van der Waals surface area contributed by atoms with Crippen molar-refractivity contribution in [3.05, 3.63) is 20.9 Å². The number of nitrogen functional groups attached to an aromatic ring is 1. The van der Waals surface area contributed by atoms with Crippen LogP contribution in [0.2, 0.25) is 0 Å². The molecule has 2 rings (SSSR count). The summed E-state index contributed by atoms with van der Waals surface area (Å²) < 4.78 is 0. The lowest BCUT2D eigenvalue weighted by molar-refractivity contribution is 0.271. The first-order valence-electron chi connectivity index (χ1n) is 5.16. The van der Waals surface area contributed by atoms with Crippen LogP contribution in [0.15, 0.2) is 5.18 Å². The molecule has 0 saturated carbocycles. The molecule has 0 fully saturated rings. The second kappa shape index (κ2) is 4.28. The largest absolute Gasteiger partial charge is 0.390 e. The third-order valence-corrected chi connectivity index (χ3v) is 4.03. The van der Waals surface area contributed by atoms with Gasteiger partial charge in [0.1, 0.15) is 6.54 Å². The third-order valence-electron chi connectivity index (χ3n) is 2.95. The molecule has 0 unspecified atom stereocenters. The first-order valence-corrected chi connectivity index (χ1v) is 5.98. The summed E-state index contributed by atoms with van der Waals surface area (Å²) in [5, 5.41) is 3.72. The molecule has 0 amide bonds. The van der Waals surface area contributed by atoms with Crippen molar-refractivity contribution in [2.75, 3.05) is 18.8 Å². The summed E-state index contributed by atoms with van der Waals surface area (Å²) in [7, 11) is 0. The van der Waals surface area contributed by atoms with Gasteiger partial charge in [0, 0.05) is 23.5 Å². The summed E-state index contributed by atoms with van der Waals surface area (Å²) >= 11 is 1.61. The topological polar surface area (TPSA) is 58.7 Å². The van der Waals surface area contributed by atoms with Crippen molar-refractivity contribution in [1.29, 1.82) is 0 Å². The molecule has 1 aromatic heterocycles. The molecule has 1 aliphatic heterocycles. The van der Waals surface area contributed by atoms with Crippen molar-refractivity contribution in [3.8, 4) is 0 Å². The number of fused-ring (bicyclic) bond motifs is 1. The van der Waals surface area contributed by atoms with Gasteiger partial charge in [0.05, 0.1) is 5.00 Å². The highest BCUT2D eigenvalue weighted by molar-refractivity contribution is 7.16. The van der Waals surface area contributed by atoms with E-state index in [0.29, 0.717) is 0 Å². The van der Waals surface area contributed by atoms with Crippen LogP contribution in [0.4, 0.5) is 5.00 Å². The van der Waals surface area contributed by atoms with E-state index in [0.717, 1.165) is 36.6 Å². The number of rotatable bonds is 3. The molecule has 5 heteroatoms. The monoisotopic (exact) mass is 225 g/mol. The minimum absolute atomic E-state index is 0.226. The summed E-state index contributed by atoms with van der Waals surface area (Å²) in [6.45, 7) is 5.49. The van der Waals surface area contributed by atoms with Crippen LogP contribution in [0.25, 0.3) is 0 Å². The normalized spacial score (nSPS) is 16.3. The second-order valence-corrected chi connectivity index (χ2v) is 4.89. The van der Waals surface area contributed by atoms with Crippen molar-refractivity contribution in [2.45, 2.75) is 26.4 Å². The van der Waals surface area contributed by atoms with Gasteiger partial charge in [-0.15, -0.1) is 11.3 Å². The standard InChI is InChI=1S/C10H15N3OS/c1-2-13-4-3-7-8(5-12-14)10(11)15-9(7)6-13/h2-6,11H2,1H3. The smallest absolute Gasteiger partial charge is 0.109 e. The van der Waals surface area contributed by atoms with Crippen molar-refractivity contribution in [1.82, 2.24) is 4.90 Å². The van der Waals surface area contributed by atoms with Crippen LogP contribution in [-0.4, -0.2) is 18.0 Å². The van der Waals surface area contributed by atoms with Crippen molar-refractivity contribution < 1.29 is 0 Å². The Kier molecular flexibility index (Phi) is 3.02. The first kappa shape index (κ1) is 10.6. The molecule has 2 N–H and O–H groups in total. The minimum Gasteiger partial charge on any atom is -0.390 e. The first-order chi connectivity index (χ1) is 7.26. The van der Waals surface area contributed by atoms with Crippen molar-refractivity contribution in [3.63, 3.8) is 0 Å². The van der Waals surface area contributed by atoms with Gasteiger partial charge >= 0.3 is 0 Å². The predicted molar refractivity (Wildman–Crippen MR) is 62.9 cm³/mol. The zero-order valence-corrected chi connectivity index (χ0v) is 9.64. The lowest BCUT2D eigenvalue weighted by Crippen LogP contribution is -2.29. The molecule has 4 nitrogen and oxygen atoms in total. The molecule has 1 aliphatic rings. The molecular weight excluding hydrogens is 210 g/mol. The Balaban J connectivity index is 2.30. The maximum absolute atomic E-state index is 10.3. The van der Waals surface area contributed by atoms with Gasteiger partial charge in [-0.2, -0.15) is 4.91 Å². The lowest BCUT2D eigenvalue weighted by Gasteiger charge is -2.25. The van der Waals surface area contributed by atoms with E-state index in [1.54, 1.807) is 11.3 Å². The number of likely N-dealkylation sites (N-methyl/N-ethyl adjacent to an activating group) is 1. The van der Waals surface area contributed by atoms with Gasteiger partial charge in [-0.25, -0.2) is 0 Å². The van der Waals surface area contributed by atoms with Gasteiger partial charge in [0.2, 0.25) is 0 Å². The fourth-order valence-corrected chi connectivity index (χ4v) is 3.22. The summed E-state index contributed by atoms with van der Waals surface area (Å²) in [6.07, 6.45) is 1.00. The average Bonchev–Trinajstić information content (AvgIpc) is 2.55. The molecule has 0 bridgehead atoms. The number of anilines is 1. The lowest BCUT2D eigenvalue weighted by atomic mass is 10.0. The van der Waals surface area contributed by atoms with Crippen LogP contribution in [-0.2, 0) is 19.5 Å². The van der Waals surface area contributed by atoms with Gasteiger partial charge in [0.25, 0.3) is 0 Å². The van der Waals surface area contributed by atoms with Gasteiger partial charge in [-0.05, 0) is 18.5 Å². The van der Waals surface area contributed by atoms with Crippen LogP contribution >= 0.6 is 11.3 Å². The maximum Gasteiger partial charge on any atom is 0.109 e. The van der Waals surface area contributed by atoms with Crippen molar-refractivity contribution >= 4 is 16.3 Å². The Morgan fingerprint density at radius 2 is 2.40 bits per heavy atom. The fraction of sp³-hybridized carbons (Fsp3) is 0.600. The van der Waals surface area contributed by atoms with Crippen LogP contribution < -0.4 is 5.73 Å². The van der Waals surface area contributed by atoms with E-state index in [4.69, 9.17) is 5.73 Å². The summed E-state index contributed by atoms with van der Waals surface area (Å²) in [5.41, 5.74) is 8.15. The van der Waals surface area contributed by atoms with E-state index in [2.05, 4.69) is 17.0 Å². The van der Waals surface area contributed by atoms with Crippen LogP contribution in [0.3, 0.4) is 0 Å². The molecule has 82 valence electrons. The highest BCUT2D eigenvalue weighted by Crippen LogP contribution is 2.35. The number of nitrogens with zero attached hydrogens (tertiary/aromatic N) is 2. The van der Waals surface area contributed by atoms with E-state index in [9.17, 15) is 4.91 Å². The molecule has 0 radical (unpaired) electrons. The Labute approximate surface area is 93.1 Å². The number of nitroso groups, excluding NO2 is 1. The quantitative estimate of drug-likeness (QED) is 0.800. The van der Waals surface area contributed by atoms with E-state index >= 15 is 0 Å². The van der Waals surface area contributed by atoms with E-state index in [-0.39, 0.29) is 6.54 Å².